The van der Waals surface area contributed by atoms with Crippen LogP contribution in [0.15, 0.2) is 48.7 Å². The van der Waals surface area contributed by atoms with Gasteiger partial charge in [-0.05, 0) is 43.4 Å². The molecule has 0 saturated carbocycles. The summed E-state index contributed by atoms with van der Waals surface area (Å²) in [6, 6.07) is 13.6. The Balaban J connectivity index is 1.77. The summed E-state index contributed by atoms with van der Waals surface area (Å²) < 4.78 is 1.83. The molecule has 1 N–H and O–H groups in total. The maximum absolute atomic E-state index is 12.8. The van der Waals surface area contributed by atoms with Gasteiger partial charge in [-0.15, -0.1) is 0 Å². The van der Waals surface area contributed by atoms with Gasteiger partial charge in [-0.1, -0.05) is 44.2 Å². The van der Waals surface area contributed by atoms with E-state index in [9.17, 15) is 9.59 Å². The van der Waals surface area contributed by atoms with Crippen molar-refractivity contribution in [1.82, 2.24) is 14.7 Å². The number of nitrogens with one attached hydrogen (secondary N) is 1. The van der Waals surface area contributed by atoms with Crippen LogP contribution in [0.1, 0.15) is 48.3 Å². The maximum Gasteiger partial charge on any atom is 0.252 e. The molecule has 0 atom stereocenters. The van der Waals surface area contributed by atoms with Crippen molar-refractivity contribution in [1.29, 1.82) is 0 Å². The van der Waals surface area contributed by atoms with Gasteiger partial charge in [0.15, 0.2) is 0 Å². The largest absolute Gasteiger partial charge is 0.352 e. The van der Waals surface area contributed by atoms with Gasteiger partial charge in [0.05, 0.1) is 11.3 Å². The number of hydrogen-bond donors (Lipinski definition) is 1. The minimum absolute atomic E-state index is 0.00976. The van der Waals surface area contributed by atoms with Gasteiger partial charge in [-0.2, -0.15) is 0 Å². The van der Waals surface area contributed by atoms with Gasteiger partial charge in [0.1, 0.15) is 11.5 Å². The van der Waals surface area contributed by atoms with Crippen molar-refractivity contribution in [2.24, 2.45) is 5.92 Å². The molecule has 2 aromatic heterocycles. The molecule has 3 rings (SSSR count). The van der Waals surface area contributed by atoms with Crippen LogP contribution in [0.25, 0.3) is 5.65 Å². The lowest BCUT2D eigenvalue weighted by Gasteiger charge is -2.18. The van der Waals surface area contributed by atoms with Crippen LogP contribution in [0, 0.1) is 12.8 Å². The molecule has 0 spiro atoms. The normalized spacial score (nSPS) is 11.1. The number of hydrogen-bond acceptors (Lipinski definition) is 3. The number of fused-ring (bicyclic) bond motifs is 1. The van der Waals surface area contributed by atoms with Crippen LogP contribution in [0.3, 0.4) is 0 Å². The molecular formula is C24H30N4O2. The summed E-state index contributed by atoms with van der Waals surface area (Å²) in [5.74, 6) is 1.12. The summed E-state index contributed by atoms with van der Waals surface area (Å²) in [5.41, 5.74) is 3.15. The van der Waals surface area contributed by atoms with Crippen molar-refractivity contribution in [3.05, 3.63) is 65.5 Å². The van der Waals surface area contributed by atoms with Crippen LogP contribution >= 0.6 is 0 Å². The minimum Gasteiger partial charge on any atom is -0.352 e. The first kappa shape index (κ1) is 21.6. The number of rotatable bonds is 8. The topological polar surface area (TPSA) is 66.7 Å². The Labute approximate surface area is 177 Å². The van der Waals surface area contributed by atoms with E-state index in [1.54, 1.807) is 24.2 Å². The fourth-order valence-corrected chi connectivity index (χ4v) is 3.45. The van der Waals surface area contributed by atoms with Crippen LogP contribution < -0.4 is 10.2 Å². The van der Waals surface area contributed by atoms with Gasteiger partial charge in [0.2, 0.25) is 5.91 Å². The molecule has 0 bridgehead atoms. The highest BCUT2D eigenvalue weighted by Gasteiger charge is 2.19. The van der Waals surface area contributed by atoms with E-state index >= 15 is 0 Å². The highest BCUT2D eigenvalue weighted by molar-refractivity contribution is 5.95. The van der Waals surface area contributed by atoms with Gasteiger partial charge >= 0.3 is 0 Å². The van der Waals surface area contributed by atoms with E-state index in [-0.39, 0.29) is 11.8 Å². The quantitative estimate of drug-likeness (QED) is 0.615. The second-order valence-electron chi connectivity index (χ2n) is 8.04. The Bertz CT molecular complexity index is 1020. The van der Waals surface area contributed by atoms with Crippen LogP contribution in [0.5, 0.6) is 0 Å². The predicted molar refractivity (Wildman–Crippen MR) is 120 cm³/mol. The molecule has 0 radical (unpaired) electrons. The molecule has 2 heterocycles. The number of aryl methyl sites for hydroxylation is 2. The predicted octanol–water partition coefficient (Wildman–Crippen LogP) is 4.01. The van der Waals surface area contributed by atoms with Crippen molar-refractivity contribution >= 4 is 23.3 Å². The lowest BCUT2D eigenvalue weighted by Crippen LogP contribution is -2.28. The van der Waals surface area contributed by atoms with E-state index in [1.807, 2.05) is 47.7 Å². The smallest absolute Gasteiger partial charge is 0.252 e. The second-order valence-corrected chi connectivity index (χ2v) is 8.04. The Hall–Kier alpha value is -3.15. The van der Waals surface area contributed by atoms with E-state index in [2.05, 4.69) is 24.1 Å². The monoisotopic (exact) mass is 406 g/mol. The number of benzene rings is 1. The molecule has 0 saturated heterocycles. The van der Waals surface area contributed by atoms with E-state index < -0.39 is 0 Å². The Morgan fingerprint density at radius 1 is 1.13 bits per heavy atom. The number of nitrogens with zero attached hydrogens (tertiary/aromatic N) is 3. The molecule has 6 heteroatoms. The number of carbonyl (C=O) groups excluding carboxylic acids is 2. The lowest BCUT2D eigenvalue weighted by molar-refractivity contribution is -0.118. The zero-order valence-electron chi connectivity index (χ0n) is 18.2. The number of anilines is 1. The summed E-state index contributed by atoms with van der Waals surface area (Å²) in [5, 5.41) is 2.96. The summed E-state index contributed by atoms with van der Waals surface area (Å²) in [6.07, 6.45) is 3.78. The minimum atomic E-state index is -0.118. The Kier molecular flexibility index (Phi) is 6.87. The second kappa shape index (κ2) is 9.57. The molecule has 0 unspecified atom stereocenters. The Morgan fingerprint density at radius 3 is 2.57 bits per heavy atom. The zero-order chi connectivity index (χ0) is 21.7. The molecule has 0 aliphatic carbocycles. The van der Waals surface area contributed by atoms with E-state index in [4.69, 9.17) is 0 Å². The van der Waals surface area contributed by atoms with E-state index in [0.29, 0.717) is 42.3 Å². The van der Waals surface area contributed by atoms with Crippen molar-refractivity contribution in [2.45, 2.75) is 40.0 Å². The van der Waals surface area contributed by atoms with Crippen LogP contribution in [-0.2, 0) is 11.2 Å². The molecular weight excluding hydrogens is 376 g/mol. The number of imidazole rings is 1. The number of aromatic nitrogens is 2. The number of carbonyl (C=O) groups is 2. The average Bonchev–Trinajstić information content (AvgIpc) is 3.06. The van der Waals surface area contributed by atoms with Crippen LogP contribution in [-0.4, -0.2) is 34.8 Å². The van der Waals surface area contributed by atoms with Crippen molar-refractivity contribution in [3.63, 3.8) is 0 Å². The molecule has 30 heavy (non-hydrogen) atoms. The zero-order valence-corrected chi connectivity index (χ0v) is 18.2. The summed E-state index contributed by atoms with van der Waals surface area (Å²) in [4.78, 5) is 31.6. The van der Waals surface area contributed by atoms with Crippen molar-refractivity contribution in [2.75, 3.05) is 18.5 Å². The molecule has 0 aliphatic heterocycles. The summed E-state index contributed by atoms with van der Waals surface area (Å²) in [7, 11) is 1.76. The van der Waals surface area contributed by atoms with Gasteiger partial charge in [0, 0.05) is 26.2 Å². The molecule has 0 aliphatic rings. The summed E-state index contributed by atoms with van der Waals surface area (Å²) >= 11 is 0. The lowest BCUT2D eigenvalue weighted by atomic mass is 10.1. The van der Waals surface area contributed by atoms with Crippen LogP contribution in [0.2, 0.25) is 0 Å². The molecule has 0 fully saturated rings. The van der Waals surface area contributed by atoms with Gasteiger partial charge in [0.25, 0.3) is 5.91 Å². The van der Waals surface area contributed by atoms with E-state index in [1.165, 1.54) is 0 Å². The SMILES string of the molecule is Cc1nc2ccc(C(=O)NCCC(C)C)cn2c1N(C)C(=O)CCc1ccccc1. The third-order valence-electron chi connectivity index (χ3n) is 5.19. The fourth-order valence-electron chi connectivity index (χ4n) is 3.45. The average molecular weight is 407 g/mol. The highest BCUT2D eigenvalue weighted by Crippen LogP contribution is 2.23. The first-order valence-corrected chi connectivity index (χ1v) is 10.4. The standard InChI is InChI=1S/C24H30N4O2/c1-17(2)14-15-25-23(30)20-11-12-21-26-18(3)24(28(21)16-20)27(4)22(29)13-10-19-8-6-5-7-9-19/h5-9,11-12,16-17H,10,13-15H2,1-4H3,(H,25,30). The van der Waals surface area contributed by atoms with Crippen LogP contribution in [0.4, 0.5) is 5.82 Å². The number of amides is 2. The molecule has 1 aromatic carbocycles. The molecule has 6 nitrogen and oxygen atoms in total. The van der Waals surface area contributed by atoms with Gasteiger partial charge in [-0.3, -0.25) is 18.9 Å². The summed E-state index contributed by atoms with van der Waals surface area (Å²) in [6.45, 7) is 6.78. The van der Waals surface area contributed by atoms with Crippen molar-refractivity contribution < 1.29 is 9.59 Å². The molecule has 3 aromatic rings. The number of pyridine rings is 1. The molecule has 158 valence electrons. The highest BCUT2D eigenvalue weighted by atomic mass is 16.2. The van der Waals surface area contributed by atoms with E-state index in [0.717, 1.165) is 17.7 Å². The molecule has 2 amide bonds. The third-order valence-corrected chi connectivity index (χ3v) is 5.19. The first-order chi connectivity index (χ1) is 14.4. The van der Waals surface area contributed by atoms with Crippen molar-refractivity contribution in [3.8, 4) is 0 Å². The fraction of sp³-hybridized carbons (Fsp3) is 0.375. The Morgan fingerprint density at radius 2 is 1.87 bits per heavy atom. The third kappa shape index (κ3) is 5.06. The van der Waals surface area contributed by atoms with Gasteiger partial charge < -0.3 is 5.32 Å². The van der Waals surface area contributed by atoms with Gasteiger partial charge in [-0.25, -0.2) is 4.98 Å². The first-order valence-electron chi connectivity index (χ1n) is 10.4. The maximum atomic E-state index is 12.8.